The highest BCUT2D eigenvalue weighted by molar-refractivity contribution is 6.13. The number of anilines is 1. The van der Waals surface area contributed by atoms with Gasteiger partial charge < -0.3 is 10.1 Å². The van der Waals surface area contributed by atoms with E-state index in [0.29, 0.717) is 23.4 Å². The number of carbonyl (C=O) groups is 2. The van der Waals surface area contributed by atoms with Crippen LogP contribution in [0.3, 0.4) is 0 Å². The SMILES string of the molecule is O=C1c2ccccc2OC2(C(=O)Nc3ccccc3)CC12. The summed E-state index contributed by atoms with van der Waals surface area (Å²) in [5.74, 6) is -0.114. The Morgan fingerprint density at radius 3 is 2.62 bits per heavy atom. The summed E-state index contributed by atoms with van der Waals surface area (Å²) in [5, 5.41) is 2.83. The fraction of sp³-hybridized carbons (Fsp3) is 0.176. The van der Waals surface area contributed by atoms with E-state index in [1.165, 1.54) is 0 Å². The normalized spacial score (nSPS) is 25.3. The summed E-state index contributed by atoms with van der Waals surface area (Å²) >= 11 is 0. The van der Waals surface area contributed by atoms with Crippen molar-refractivity contribution in [2.45, 2.75) is 12.0 Å². The van der Waals surface area contributed by atoms with Crippen molar-refractivity contribution in [2.24, 2.45) is 5.92 Å². The molecule has 1 saturated carbocycles. The van der Waals surface area contributed by atoms with E-state index in [1.807, 2.05) is 30.3 Å². The van der Waals surface area contributed by atoms with Gasteiger partial charge in [-0.1, -0.05) is 30.3 Å². The van der Waals surface area contributed by atoms with Crippen LogP contribution in [0.4, 0.5) is 5.69 Å². The van der Waals surface area contributed by atoms with Gasteiger partial charge in [0, 0.05) is 12.1 Å². The average Bonchev–Trinajstić information content (AvgIpc) is 3.25. The molecule has 2 unspecified atom stereocenters. The third-order valence-electron chi connectivity index (χ3n) is 4.09. The molecule has 104 valence electrons. The van der Waals surface area contributed by atoms with Gasteiger partial charge in [0.05, 0.1) is 11.5 Å². The van der Waals surface area contributed by atoms with Crippen LogP contribution in [0.5, 0.6) is 5.75 Å². The highest BCUT2D eigenvalue weighted by Gasteiger charge is 2.68. The summed E-state index contributed by atoms with van der Waals surface area (Å²) < 4.78 is 5.87. The molecule has 0 saturated heterocycles. The fourth-order valence-corrected chi connectivity index (χ4v) is 2.86. The molecular formula is C17H13NO3. The van der Waals surface area contributed by atoms with Crippen molar-refractivity contribution in [3.8, 4) is 5.75 Å². The number of ketones is 1. The minimum atomic E-state index is -1.03. The molecule has 4 nitrogen and oxygen atoms in total. The molecule has 0 spiro atoms. The number of hydrogen-bond donors (Lipinski definition) is 1. The first kappa shape index (κ1) is 12.1. The summed E-state index contributed by atoms with van der Waals surface area (Å²) in [4.78, 5) is 24.9. The van der Waals surface area contributed by atoms with Gasteiger partial charge in [0.25, 0.3) is 5.91 Å². The first-order valence-corrected chi connectivity index (χ1v) is 6.89. The second kappa shape index (κ2) is 4.19. The molecule has 1 aliphatic carbocycles. The fourth-order valence-electron chi connectivity index (χ4n) is 2.86. The van der Waals surface area contributed by atoms with Gasteiger partial charge in [-0.2, -0.15) is 0 Å². The standard InChI is InChI=1S/C17H13NO3/c19-15-12-8-4-5-9-14(12)21-17(10-13(15)17)16(20)18-11-6-2-1-3-7-11/h1-9,13H,10H2,(H,18,20). The predicted molar refractivity (Wildman–Crippen MR) is 77.3 cm³/mol. The van der Waals surface area contributed by atoms with E-state index >= 15 is 0 Å². The number of benzene rings is 2. The lowest BCUT2D eigenvalue weighted by Gasteiger charge is -2.24. The van der Waals surface area contributed by atoms with Crippen molar-refractivity contribution in [1.29, 1.82) is 0 Å². The van der Waals surface area contributed by atoms with Crippen LogP contribution in [-0.2, 0) is 4.79 Å². The van der Waals surface area contributed by atoms with E-state index in [1.54, 1.807) is 24.3 Å². The van der Waals surface area contributed by atoms with Crippen LogP contribution in [0.25, 0.3) is 0 Å². The first-order chi connectivity index (χ1) is 10.2. The molecule has 1 heterocycles. The number of carbonyl (C=O) groups excluding carboxylic acids is 2. The van der Waals surface area contributed by atoms with Gasteiger partial charge in [0.2, 0.25) is 0 Å². The molecule has 21 heavy (non-hydrogen) atoms. The van der Waals surface area contributed by atoms with E-state index < -0.39 is 5.60 Å². The van der Waals surface area contributed by atoms with Crippen LogP contribution in [0.15, 0.2) is 54.6 Å². The molecule has 1 fully saturated rings. The minimum Gasteiger partial charge on any atom is -0.476 e. The Labute approximate surface area is 121 Å². The number of para-hydroxylation sites is 2. The molecule has 2 aromatic rings. The summed E-state index contributed by atoms with van der Waals surface area (Å²) in [6.45, 7) is 0. The second-order valence-corrected chi connectivity index (χ2v) is 5.43. The Morgan fingerprint density at radius 1 is 1.10 bits per heavy atom. The Bertz CT molecular complexity index is 741. The largest absolute Gasteiger partial charge is 0.476 e. The van der Waals surface area contributed by atoms with Crippen LogP contribution in [0.2, 0.25) is 0 Å². The van der Waals surface area contributed by atoms with Crippen molar-refractivity contribution in [3.63, 3.8) is 0 Å². The van der Waals surface area contributed by atoms with Crippen LogP contribution < -0.4 is 10.1 Å². The van der Waals surface area contributed by atoms with Crippen molar-refractivity contribution in [3.05, 3.63) is 60.2 Å². The van der Waals surface area contributed by atoms with Crippen LogP contribution in [0.1, 0.15) is 16.8 Å². The molecular weight excluding hydrogens is 266 g/mol. The maximum atomic E-state index is 12.5. The second-order valence-electron chi connectivity index (χ2n) is 5.43. The van der Waals surface area contributed by atoms with Gasteiger partial charge in [0.15, 0.2) is 11.4 Å². The van der Waals surface area contributed by atoms with E-state index in [-0.39, 0.29) is 17.6 Å². The molecule has 0 radical (unpaired) electrons. The van der Waals surface area contributed by atoms with E-state index in [0.717, 1.165) is 0 Å². The zero-order chi connectivity index (χ0) is 14.4. The first-order valence-electron chi connectivity index (χ1n) is 6.89. The van der Waals surface area contributed by atoms with Crippen molar-refractivity contribution < 1.29 is 14.3 Å². The molecule has 4 heteroatoms. The molecule has 2 atom stereocenters. The lowest BCUT2D eigenvalue weighted by Crippen LogP contribution is -2.41. The maximum absolute atomic E-state index is 12.5. The van der Waals surface area contributed by atoms with E-state index in [4.69, 9.17) is 4.74 Å². The molecule has 2 aliphatic rings. The third-order valence-corrected chi connectivity index (χ3v) is 4.09. The van der Waals surface area contributed by atoms with Crippen molar-refractivity contribution >= 4 is 17.4 Å². The van der Waals surface area contributed by atoms with Gasteiger partial charge >= 0.3 is 0 Å². The van der Waals surface area contributed by atoms with Gasteiger partial charge in [-0.05, 0) is 24.3 Å². The van der Waals surface area contributed by atoms with Gasteiger partial charge in [0.1, 0.15) is 5.75 Å². The molecule has 1 aliphatic heterocycles. The Hall–Kier alpha value is -2.62. The molecule has 0 aromatic heterocycles. The lowest BCUT2D eigenvalue weighted by atomic mass is 10.0. The Balaban J connectivity index is 1.63. The number of rotatable bonds is 2. The number of nitrogens with one attached hydrogen (secondary N) is 1. The highest BCUT2D eigenvalue weighted by Crippen LogP contribution is 2.54. The Kier molecular flexibility index (Phi) is 2.42. The smallest absolute Gasteiger partial charge is 0.269 e. The maximum Gasteiger partial charge on any atom is 0.269 e. The molecule has 2 aromatic carbocycles. The molecule has 1 N–H and O–H groups in total. The molecule has 4 rings (SSSR count). The zero-order valence-corrected chi connectivity index (χ0v) is 11.2. The Morgan fingerprint density at radius 2 is 1.81 bits per heavy atom. The number of Topliss-reactive ketones (excluding diaryl/α,β-unsaturated/α-hetero) is 1. The number of hydrogen-bond acceptors (Lipinski definition) is 3. The van der Waals surface area contributed by atoms with E-state index in [2.05, 4.69) is 5.32 Å². The zero-order valence-electron chi connectivity index (χ0n) is 11.2. The summed E-state index contributed by atoms with van der Waals surface area (Å²) in [6, 6.07) is 16.3. The van der Waals surface area contributed by atoms with E-state index in [9.17, 15) is 9.59 Å². The number of fused-ring (bicyclic) bond motifs is 2. The minimum absolute atomic E-state index is 0.0000571. The van der Waals surface area contributed by atoms with Gasteiger partial charge in [-0.3, -0.25) is 9.59 Å². The topological polar surface area (TPSA) is 55.4 Å². The molecule has 1 amide bonds. The predicted octanol–water partition coefficient (Wildman–Crippen LogP) is 2.66. The number of ether oxygens (including phenoxy) is 1. The van der Waals surface area contributed by atoms with Gasteiger partial charge in [-0.25, -0.2) is 0 Å². The van der Waals surface area contributed by atoms with Crippen LogP contribution >= 0.6 is 0 Å². The van der Waals surface area contributed by atoms with Gasteiger partial charge in [-0.15, -0.1) is 0 Å². The quantitative estimate of drug-likeness (QED) is 0.919. The van der Waals surface area contributed by atoms with Crippen molar-refractivity contribution in [2.75, 3.05) is 5.32 Å². The number of amides is 1. The monoisotopic (exact) mass is 279 g/mol. The lowest BCUT2D eigenvalue weighted by molar-refractivity contribution is -0.125. The highest BCUT2D eigenvalue weighted by atomic mass is 16.5. The summed E-state index contributed by atoms with van der Waals surface area (Å²) in [5.41, 5.74) is 0.252. The summed E-state index contributed by atoms with van der Waals surface area (Å²) in [7, 11) is 0. The van der Waals surface area contributed by atoms with Crippen LogP contribution in [0, 0.1) is 5.92 Å². The average molecular weight is 279 g/mol. The van der Waals surface area contributed by atoms with Crippen LogP contribution in [-0.4, -0.2) is 17.3 Å². The third kappa shape index (κ3) is 1.76. The summed E-state index contributed by atoms with van der Waals surface area (Å²) in [6.07, 6.45) is 0.444. The molecule has 0 bridgehead atoms. The van der Waals surface area contributed by atoms with Crippen molar-refractivity contribution in [1.82, 2.24) is 0 Å².